The molecular weight excluding hydrogens is 345 g/mol. The van der Waals surface area contributed by atoms with Gasteiger partial charge in [0.15, 0.2) is 11.9 Å². The van der Waals surface area contributed by atoms with Crippen molar-refractivity contribution in [2.24, 2.45) is 0 Å². The molecule has 0 spiro atoms. The van der Waals surface area contributed by atoms with Gasteiger partial charge in [-0.1, -0.05) is 11.6 Å². The molecule has 0 N–H and O–H groups in total. The van der Waals surface area contributed by atoms with Gasteiger partial charge in [-0.15, -0.1) is 0 Å². The van der Waals surface area contributed by atoms with Crippen LogP contribution in [0.15, 0.2) is 24.5 Å². The molecule has 3 aromatic rings. The lowest BCUT2D eigenvalue weighted by Gasteiger charge is -2.23. The van der Waals surface area contributed by atoms with Crippen LogP contribution in [0.2, 0.25) is 5.02 Å². The zero-order valence-corrected chi connectivity index (χ0v) is 13.9. The summed E-state index contributed by atoms with van der Waals surface area (Å²) in [6.07, 6.45) is 5.61. The van der Waals surface area contributed by atoms with Crippen molar-refractivity contribution in [3.8, 4) is 17.3 Å². The Bertz CT molecular complexity index is 991. The van der Waals surface area contributed by atoms with E-state index in [0.29, 0.717) is 34.5 Å². The van der Waals surface area contributed by atoms with Gasteiger partial charge in [-0.2, -0.15) is 19.7 Å². The first-order chi connectivity index (χ1) is 12.2. The molecule has 0 aromatic carbocycles. The largest absolute Gasteiger partial charge is 0.356 e. The zero-order valence-electron chi connectivity index (χ0n) is 13.1. The van der Waals surface area contributed by atoms with Crippen molar-refractivity contribution < 1.29 is 9.13 Å². The normalized spacial score (nSPS) is 17.6. The molecule has 1 saturated heterocycles. The number of nitriles is 1. The molecule has 1 fully saturated rings. The number of hydrogen-bond acceptors (Lipinski definition) is 5. The lowest BCUT2D eigenvalue weighted by molar-refractivity contribution is -0.0370. The van der Waals surface area contributed by atoms with E-state index in [2.05, 4.69) is 15.1 Å². The third-order valence-corrected chi connectivity index (χ3v) is 4.48. The van der Waals surface area contributed by atoms with Crippen molar-refractivity contribution in [2.75, 3.05) is 6.61 Å². The Kier molecular flexibility index (Phi) is 4.07. The van der Waals surface area contributed by atoms with E-state index in [9.17, 15) is 4.39 Å². The van der Waals surface area contributed by atoms with Crippen LogP contribution in [-0.4, -0.2) is 26.4 Å². The maximum Gasteiger partial charge on any atom is 0.215 e. The summed E-state index contributed by atoms with van der Waals surface area (Å²) in [7, 11) is 0. The lowest BCUT2D eigenvalue weighted by Crippen LogP contribution is -2.19. The molecule has 6 nitrogen and oxygen atoms in total. The minimum absolute atomic E-state index is 0.252. The van der Waals surface area contributed by atoms with Gasteiger partial charge >= 0.3 is 0 Å². The van der Waals surface area contributed by atoms with Crippen molar-refractivity contribution in [3.63, 3.8) is 0 Å². The van der Waals surface area contributed by atoms with E-state index in [1.54, 1.807) is 10.9 Å². The summed E-state index contributed by atoms with van der Waals surface area (Å²) in [6, 6.07) is 4.75. The van der Waals surface area contributed by atoms with E-state index in [1.165, 1.54) is 18.3 Å². The van der Waals surface area contributed by atoms with Crippen LogP contribution >= 0.6 is 11.6 Å². The molecule has 1 unspecified atom stereocenters. The topological polar surface area (TPSA) is 76.6 Å². The molecular formula is C17H13ClFN5O. The molecule has 8 heteroatoms. The van der Waals surface area contributed by atoms with Crippen molar-refractivity contribution in [1.82, 2.24) is 19.7 Å². The summed E-state index contributed by atoms with van der Waals surface area (Å²) in [5.74, 6) is -0.651. The van der Waals surface area contributed by atoms with Gasteiger partial charge in [0.25, 0.3) is 0 Å². The Balaban J connectivity index is 1.88. The Morgan fingerprint density at radius 1 is 1.32 bits per heavy atom. The average Bonchev–Trinajstić information content (AvgIpc) is 3.05. The molecule has 25 heavy (non-hydrogen) atoms. The van der Waals surface area contributed by atoms with E-state index in [0.717, 1.165) is 19.3 Å². The third-order valence-electron chi connectivity index (χ3n) is 4.19. The number of rotatable bonds is 2. The van der Waals surface area contributed by atoms with Gasteiger partial charge in [-0.3, -0.25) is 4.98 Å². The number of fused-ring (bicyclic) bond motifs is 1. The van der Waals surface area contributed by atoms with Gasteiger partial charge < -0.3 is 4.74 Å². The van der Waals surface area contributed by atoms with Gasteiger partial charge in [-0.25, -0.2) is 4.68 Å². The Hall–Kier alpha value is -2.56. The van der Waals surface area contributed by atoms with Crippen molar-refractivity contribution in [1.29, 1.82) is 5.26 Å². The fraction of sp³-hybridized carbons (Fsp3) is 0.294. The molecule has 3 aromatic heterocycles. The first-order valence-corrected chi connectivity index (χ1v) is 8.26. The van der Waals surface area contributed by atoms with E-state index in [4.69, 9.17) is 21.6 Å². The fourth-order valence-electron chi connectivity index (χ4n) is 3.01. The van der Waals surface area contributed by atoms with Crippen LogP contribution in [0.3, 0.4) is 0 Å². The summed E-state index contributed by atoms with van der Waals surface area (Å²) >= 11 is 6.24. The molecule has 4 heterocycles. The van der Waals surface area contributed by atoms with Crippen LogP contribution in [-0.2, 0) is 4.74 Å². The highest BCUT2D eigenvalue weighted by molar-refractivity contribution is 6.33. The number of nitrogens with zero attached hydrogens (tertiary/aromatic N) is 5. The first kappa shape index (κ1) is 15.9. The monoisotopic (exact) mass is 357 g/mol. The summed E-state index contributed by atoms with van der Waals surface area (Å²) in [4.78, 5) is 8.21. The van der Waals surface area contributed by atoms with E-state index in [-0.39, 0.29) is 11.3 Å². The maximum absolute atomic E-state index is 14.2. The van der Waals surface area contributed by atoms with Gasteiger partial charge in [-0.05, 0) is 25.3 Å². The molecule has 0 aliphatic carbocycles. The Morgan fingerprint density at radius 2 is 2.20 bits per heavy atom. The Labute approximate surface area is 147 Å². The third kappa shape index (κ3) is 2.84. The molecule has 0 amide bonds. The van der Waals surface area contributed by atoms with Crippen LogP contribution in [0.1, 0.15) is 31.1 Å². The minimum atomic E-state index is -0.651. The molecule has 1 aliphatic rings. The molecule has 4 rings (SSSR count). The molecule has 0 bridgehead atoms. The highest BCUT2D eigenvalue weighted by Crippen LogP contribution is 2.34. The fourth-order valence-corrected chi connectivity index (χ4v) is 3.28. The van der Waals surface area contributed by atoms with E-state index >= 15 is 0 Å². The second kappa shape index (κ2) is 6.39. The molecule has 1 atom stereocenters. The van der Waals surface area contributed by atoms with Gasteiger partial charge in [0.05, 0.1) is 22.5 Å². The van der Waals surface area contributed by atoms with Gasteiger partial charge in [0.2, 0.25) is 5.95 Å². The highest BCUT2D eigenvalue weighted by atomic mass is 35.5. The van der Waals surface area contributed by atoms with Crippen molar-refractivity contribution in [2.45, 2.75) is 25.5 Å². The second-order valence-corrected chi connectivity index (χ2v) is 6.21. The number of aromatic nitrogens is 4. The van der Waals surface area contributed by atoms with Gasteiger partial charge in [0.1, 0.15) is 6.07 Å². The molecule has 1 aliphatic heterocycles. The van der Waals surface area contributed by atoms with E-state index < -0.39 is 5.95 Å². The van der Waals surface area contributed by atoms with Crippen LogP contribution in [0.4, 0.5) is 4.39 Å². The minimum Gasteiger partial charge on any atom is -0.356 e. The maximum atomic E-state index is 14.2. The quantitative estimate of drug-likeness (QED) is 0.651. The lowest BCUT2D eigenvalue weighted by atomic mass is 10.1. The SMILES string of the molecule is N#Cc1cnc(-c2cc(F)nc3c2cnn3C2CCCCO2)c(Cl)c1. The average molecular weight is 358 g/mol. The summed E-state index contributed by atoms with van der Waals surface area (Å²) in [5.41, 5.74) is 1.60. The number of pyridine rings is 2. The summed E-state index contributed by atoms with van der Waals surface area (Å²) in [5, 5.41) is 14.2. The standard InChI is InChI=1S/C17H13ClFN5O/c18-13-5-10(7-20)8-21-16(13)11-6-14(19)23-17-12(11)9-22-24(17)15-3-1-2-4-25-15/h5-6,8-9,15H,1-4H2. The number of hydrogen-bond donors (Lipinski definition) is 0. The van der Waals surface area contributed by atoms with Crippen LogP contribution < -0.4 is 0 Å². The van der Waals surface area contributed by atoms with E-state index in [1.807, 2.05) is 6.07 Å². The van der Waals surface area contributed by atoms with Crippen molar-refractivity contribution >= 4 is 22.6 Å². The zero-order chi connectivity index (χ0) is 17.4. The number of ether oxygens (including phenoxy) is 1. The van der Waals surface area contributed by atoms with Crippen LogP contribution in [0, 0.1) is 17.3 Å². The first-order valence-electron chi connectivity index (χ1n) is 7.89. The Morgan fingerprint density at radius 3 is 2.92 bits per heavy atom. The highest BCUT2D eigenvalue weighted by Gasteiger charge is 2.22. The predicted octanol–water partition coefficient (Wildman–Crippen LogP) is 3.86. The molecule has 126 valence electrons. The predicted molar refractivity (Wildman–Crippen MR) is 89.3 cm³/mol. The van der Waals surface area contributed by atoms with Gasteiger partial charge in [0, 0.05) is 29.8 Å². The molecule has 0 saturated carbocycles. The van der Waals surface area contributed by atoms with Crippen LogP contribution in [0.25, 0.3) is 22.3 Å². The smallest absolute Gasteiger partial charge is 0.215 e. The number of halogens is 2. The second-order valence-electron chi connectivity index (χ2n) is 5.81. The van der Waals surface area contributed by atoms with Crippen LogP contribution in [0.5, 0.6) is 0 Å². The molecule has 0 radical (unpaired) electrons. The van der Waals surface area contributed by atoms with Crippen molar-refractivity contribution in [3.05, 3.63) is 41.1 Å². The summed E-state index contributed by atoms with van der Waals surface area (Å²) in [6.45, 7) is 0.650. The summed E-state index contributed by atoms with van der Waals surface area (Å²) < 4.78 is 21.5.